The van der Waals surface area contributed by atoms with Gasteiger partial charge in [-0.15, -0.1) is 0 Å². The first kappa shape index (κ1) is 31.4. The van der Waals surface area contributed by atoms with Gasteiger partial charge in [0.05, 0.1) is 5.41 Å². The number of para-hydroxylation sites is 2. The van der Waals surface area contributed by atoms with Crippen LogP contribution in [0.25, 0.3) is 88.3 Å². The Morgan fingerprint density at radius 2 is 0.644 bits per heavy atom. The molecule has 0 bridgehead atoms. The molecular weight excluding hydrogens is 717 g/mol. The Morgan fingerprint density at radius 1 is 0.254 bits per heavy atom. The first-order valence-corrected chi connectivity index (χ1v) is 20.4. The van der Waals surface area contributed by atoms with Gasteiger partial charge < -0.3 is 9.47 Å². The number of hydrogen-bond acceptors (Lipinski definition) is 2. The summed E-state index contributed by atoms with van der Waals surface area (Å²) in [6.07, 6.45) is 0. The number of fused-ring (bicyclic) bond motifs is 14. The predicted octanol–water partition coefficient (Wildman–Crippen LogP) is 15.2. The lowest BCUT2D eigenvalue weighted by atomic mass is 9.70. The summed E-state index contributed by atoms with van der Waals surface area (Å²) in [5, 5.41) is 4.72. The first-order valence-electron chi connectivity index (χ1n) is 20.4. The number of benzene rings is 10. The Kier molecular flexibility index (Phi) is 5.99. The molecule has 0 aromatic heterocycles. The second kappa shape index (κ2) is 11.2. The van der Waals surface area contributed by atoms with Crippen molar-refractivity contribution < 1.29 is 9.47 Å². The van der Waals surface area contributed by atoms with Crippen LogP contribution in [0.1, 0.15) is 22.3 Å². The van der Waals surface area contributed by atoms with Crippen molar-refractivity contribution in [1.82, 2.24) is 0 Å². The molecule has 2 heterocycles. The quantitative estimate of drug-likeness (QED) is 0.175. The summed E-state index contributed by atoms with van der Waals surface area (Å²) in [6, 6.07) is 71.4. The molecule has 2 aliphatic carbocycles. The molecule has 10 aromatic rings. The SMILES string of the molecule is c1ccc2c(c1)Oc1ccc(-c3ccc4c(c3)C3(c5ccccc5-c5ccccc53)c3cc(-c5ccc6c7c(cccc57)-c5ccccc5O6)ccc3-4)c3cccc-2c13. The molecular formula is C57H32O2. The molecule has 2 nitrogen and oxygen atoms in total. The summed E-state index contributed by atoms with van der Waals surface area (Å²) in [5.41, 5.74) is 19.5. The average molecular weight is 749 g/mol. The molecule has 0 amide bonds. The van der Waals surface area contributed by atoms with E-state index in [1.165, 1.54) is 99.4 Å². The second-order valence-electron chi connectivity index (χ2n) is 16.2. The van der Waals surface area contributed by atoms with Gasteiger partial charge in [0.1, 0.15) is 23.0 Å². The summed E-state index contributed by atoms with van der Waals surface area (Å²) in [6.45, 7) is 0. The first-order chi connectivity index (χ1) is 29.3. The minimum atomic E-state index is -0.507. The van der Waals surface area contributed by atoms with E-state index in [4.69, 9.17) is 9.47 Å². The van der Waals surface area contributed by atoms with E-state index in [1.54, 1.807) is 0 Å². The number of hydrogen-bond donors (Lipinski definition) is 0. The minimum absolute atomic E-state index is 0.507. The van der Waals surface area contributed by atoms with Crippen LogP contribution in [0.2, 0.25) is 0 Å². The summed E-state index contributed by atoms with van der Waals surface area (Å²) < 4.78 is 13.0. The monoisotopic (exact) mass is 748 g/mol. The zero-order valence-electron chi connectivity index (χ0n) is 31.8. The van der Waals surface area contributed by atoms with Crippen LogP contribution in [-0.4, -0.2) is 0 Å². The fraction of sp³-hybridized carbons (Fsp3) is 0.0175. The Morgan fingerprint density at radius 3 is 1.14 bits per heavy atom. The van der Waals surface area contributed by atoms with Crippen molar-refractivity contribution in [2.75, 3.05) is 0 Å². The van der Waals surface area contributed by atoms with Crippen LogP contribution in [-0.2, 0) is 5.41 Å². The van der Waals surface area contributed by atoms with Crippen molar-refractivity contribution in [1.29, 1.82) is 0 Å². The maximum Gasteiger partial charge on any atom is 0.135 e. The van der Waals surface area contributed by atoms with Gasteiger partial charge in [0.2, 0.25) is 0 Å². The molecule has 2 aliphatic heterocycles. The van der Waals surface area contributed by atoms with Crippen LogP contribution in [0.4, 0.5) is 0 Å². The highest BCUT2D eigenvalue weighted by Crippen LogP contribution is 2.64. The maximum absolute atomic E-state index is 6.52. The Bertz CT molecular complexity index is 3280. The molecule has 59 heavy (non-hydrogen) atoms. The van der Waals surface area contributed by atoms with E-state index >= 15 is 0 Å². The van der Waals surface area contributed by atoms with Crippen molar-refractivity contribution in [2.24, 2.45) is 0 Å². The highest BCUT2D eigenvalue weighted by atomic mass is 16.5. The fourth-order valence-corrected chi connectivity index (χ4v) is 11.1. The molecule has 0 N–H and O–H groups in total. The van der Waals surface area contributed by atoms with Gasteiger partial charge in [-0.05, 0) is 125 Å². The summed E-state index contributed by atoms with van der Waals surface area (Å²) in [5.74, 6) is 3.62. The lowest BCUT2D eigenvalue weighted by molar-refractivity contribution is 0.487. The second-order valence-corrected chi connectivity index (χ2v) is 16.2. The Labute approximate surface area is 341 Å². The lowest BCUT2D eigenvalue weighted by Crippen LogP contribution is -2.26. The van der Waals surface area contributed by atoms with Crippen molar-refractivity contribution in [3.8, 4) is 89.8 Å². The number of rotatable bonds is 2. The molecule has 0 saturated carbocycles. The predicted molar refractivity (Wildman–Crippen MR) is 240 cm³/mol. The van der Waals surface area contributed by atoms with E-state index in [9.17, 15) is 0 Å². The van der Waals surface area contributed by atoms with Crippen molar-refractivity contribution in [2.45, 2.75) is 5.41 Å². The third-order valence-electron chi connectivity index (χ3n) is 13.5. The van der Waals surface area contributed by atoms with E-state index in [2.05, 4.69) is 182 Å². The highest BCUT2D eigenvalue weighted by Gasteiger charge is 2.51. The molecule has 0 saturated heterocycles. The molecule has 4 aliphatic rings. The third kappa shape index (κ3) is 3.96. The zero-order chi connectivity index (χ0) is 38.4. The van der Waals surface area contributed by atoms with Gasteiger partial charge in [0, 0.05) is 21.9 Å². The lowest BCUT2D eigenvalue weighted by Gasteiger charge is -2.31. The van der Waals surface area contributed by atoms with Crippen LogP contribution in [0, 0.1) is 0 Å². The summed E-state index contributed by atoms with van der Waals surface area (Å²) in [7, 11) is 0. The molecule has 0 atom stereocenters. The third-order valence-corrected chi connectivity index (χ3v) is 13.5. The minimum Gasteiger partial charge on any atom is -0.456 e. The van der Waals surface area contributed by atoms with E-state index < -0.39 is 5.41 Å². The molecule has 0 fully saturated rings. The number of ether oxygens (including phenoxy) is 2. The van der Waals surface area contributed by atoms with Crippen LogP contribution < -0.4 is 9.47 Å². The Balaban J connectivity index is 1.02. The van der Waals surface area contributed by atoms with Gasteiger partial charge in [-0.25, -0.2) is 0 Å². The molecule has 0 unspecified atom stereocenters. The topological polar surface area (TPSA) is 18.5 Å². The molecule has 1 spiro atoms. The standard InChI is InChI=1S/C57H32O2/c1-5-19-47-37(11-1)38-12-2-6-20-48(38)57(47)49-31-33(35-27-29-53-55-43(35)15-9-17-45(55)41-13-3-7-21-51(41)58-53)23-25-39(49)40-26-24-34(32-50(40)57)36-28-30-54-56-44(36)16-10-18-46(56)42-14-4-8-22-52(42)59-54/h1-32H. The van der Waals surface area contributed by atoms with Gasteiger partial charge in [-0.2, -0.15) is 0 Å². The van der Waals surface area contributed by atoms with Gasteiger partial charge in [0.15, 0.2) is 0 Å². The summed E-state index contributed by atoms with van der Waals surface area (Å²) >= 11 is 0. The van der Waals surface area contributed by atoms with Crippen molar-refractivity contribution >= 4 is 21.5 Å². The van der Waals surface area contributed by atoms with Crippen molar-refractivity contribution in [3.05, 3.63) is 216 Å². The molecule has 2 heteroatoms. The van der Waals surface area contributed by atoms with Gasteiger partial charge in [-0.3, -0.25) is 0 Å². The van der Waals surface area contributed by atoms with E-state index in [0.717, 1.165) is 34.1 Å². The van der Waals surface area contributed by atoms with E-state index in [1.807, 2.05) is 12.1 Å². The largest absolute Gasteiger partial charge is 0.456 e. The fourth-order valence-electron chi connectivity index (χ4n) is 11.1. The molecule has 10 aromatic carbocycles. The van der Waals surface area contributed by atoms with E-state index in [0.29, 0.717) is 0 Å². The highest BCUT2D eigenvalue weighted by molar-refractivity contribution is 6.12. The smallest absolute Gasteiger partial charge is 0.135 e. The van der Waals surface area contributed by atoms with Gasteiger partial charge in [0.25, 0.3) is 0 Å². The molecule has 0 radical (unpaired) electrons. The van der Waals surface area contributed by atoms with Crippen LogP contribution in [0.15, 0.2) is 194 Å². The van der Waals surface area contributed by atoms with Crippen LogP contribution >= 0.6 is 0 Å². The normalized spacial score (nSPS) is 13.8. The summed E-state index contributed by atoms with van der Waals surface area (Å²) in [4.78, 5) is 0. The Hall–Kier alpha value is -7.68. The molecule has 14 rings (SSSR count). The van der Waals surface area contributed by atoms with Crippen LogP contribution in [0.5, 0.6) is 23.0 Å². The maximum atomic E-state index is 6.52. The average Bonchev–Trinajstić information content (AvgIpc) is 3.76. The molecule has 272 valence electrons. The van der Waals surface area contributed by atoms with Crippen LogP contribution in [0.3, 0.4) is 0 Å². The zero-order valence-corrected chi connectivity index (χ0v) is 31.8. The van der Waals surface area contributed by atoms with Gasteiger partial charge in [-0.1, -0.05) is 158 Å². The van der Waals surface area contributed by atoms with Crippen molar-refractivity contribution in [3.63, 3.8) is 0 Å². The van der Waals surface area contributed by atoms with Gasteiger partial charge >= 0.3 is 0 Å². The van der Waals surface area contributed by atoms with E-state index in [-0.39, 0.29) is 0 Å².